The highest BCUT2D eigenvalue weighted by Crippen LogP contribution is 2.06. The zero-order valence-corrected chi connectivity index (χ0v) is 11.2. The van der Waals surface area contributed by atoms with Gasteiger partial charge in [-0.1, -0.05) is 6.07 Å². The zero-order valence-electron chi connectivity index (χ0n) is 11.2. The van der Waals surface area contributed by atoms with Crippen molar-refractivity contribution >= 4 is 5.82 Å². The Bertz CT molecular complexity index is 311. The number of aromatic nitrogens is 1. The van der Waals surface area contributed by atoms with Gasteiger partial charge >= 0.3 is 0 Å². The molecule has 1 N–H and O–H groups in total. The topological polar surface area (TPSA) is 37.4 Å². The van der Waals surface area contributed by atoms with Crippen molar-refractivity contribution in [1.29, 1.82) is 0 Å². The summed E-state index contributed by atoms with van der Waals surface area (Å²) in [6.07, 6.45) is 2.21. The molecule has 0 bridgehead atoms. The molecule has 0 unspecified atom stereocenters. The third-order valence-electron chi connectivity index (χ3n) is 2.46. The van der Waals surface area contributed by atoms with Crippen LogP contribution >= 0.6 is 0 Å². The second-order valence-corrected chi connectivity index (χ2v) is 4.46. The van der Waals surface area contributed by atoms with E-state index in [-0.39, 0.29) is 0 Å². The molecule has 0 spiro atoms. The Hall–Kier alpha value is -1.13. The SMILES string of the molecule is CNc1ccc(CN(C)CCOC(C)C)cn1. The first-order valence-electron chi connectivity index (χ1n) is 6.04. The summed E-state index contributed by atoms with van der Waals surface area (Å²) in [5.74, 6) is 0.902. The fraction of sp³-hybridized carbons (Fsp3) is 0.615. The summed E-state index contributed by atoms with van der Waals surface area (Å²) in [4.78, 5) is 6.52. The normalized spacial score (nSPS) is 11.2. The first-order chi connectivity index (χ1) is 8.11. The van der Waals surface area contributed by atoms with E-state index in [4.69, 9.17) is 4.74 Å². The summed E-state index contributed by atoms with van der Waals surface area (Å²) in [5.41, 5.74) is 1.22. The molecule has 1 aromatic rings. The van der Waals surface area contributed by atoms with Gasteiger partial charge in [0.25, 0.3) is 0 Å². The van der Waals surface area contributed by atoms with E-state index in [1.807, 2.05) is 19.3 Å². The largest absolute Gasteiger partial charge is 0.377 e. The van der Waals surface area contributed by atoms with E-state index in [2.05, 4.69) is 42.2 Å². The molecule has 0 atom stereocenters. The fourth-order valence-electron chi connectivity index (χ4n) is 1.50. The molecule has 17 heavy (non-hydrogen) atoms. The Kier molecular flexibility index (Phi) is 5.94. The number of likely N-dealkylation sites (N-methyl/N-ethyl adjacent to an activating group) is 1. The second kappa shape index (κ2) is 7.25. The average Bonchev–Trinajstić information content (AvgIpc) is 2.29. The van der Waals surface area contributed by atoms with E-state index in [0.29, 0.717) is 6.10 Å². The number of rotatable bonds is 7. The monoisotopic (exact) mass is 237 g/mol. The predicted molar refractivity (Wildman–Crippen MR) is 71.2 cm³/mol. The quantitative estimate of drug-likeness (QED) is 0.787. The zero-order chi connectivity index (χ0) is 12.7. The lowest BCUT2D eigenvalue weighted by molar-refractivity contribution is 0.0627. The van der Waals surface area contributed by atoms with Crippen molar-refractivity contribution in [2.45, 2.75) is 26.5 Å². The maximum absolute atomic E-state index is 5.52. The van der Waals surface area contributed by atoms with Crippen LogP contribution in [-0.2, 0) is 11.3 Å². The van der Waals surface area contributed by atoms with E-state index < -0.39 is 0 Å². The molecule has 1 aromatic heterocycles. The summed E-state index contributed by atoms with van der Waals surface area (Å²) in [6.45, 7) is 6.72. The molecule has 1 rings (SSSR count). The molecular weight excluding hydrogens is 214 g/mol. The van der Waals surface area contributed by atoms with Crippen LogP contribution in [-0.4, -0.2) is 43.2 Å². The van der Waals surface area contributed by atoms with Crippen molar-refractivity contribution in [1.82, 2.24) is 9.88 Å². The predicted octanol–water partition coefficient (Wildman–Crippen LogP) is 1.98. The minimum Gasteiger partial charge on any atom is -0.377 e. The number of nitrogens with zero attached hydrogens (tertiary/aromatic N) is 2. The van der Waals surface area contributed by atoms with Crippen molar-refractivity contribution < 1.29 is 4.74 Å². The summed E-state index contributed by atoms with van der Waals surface area (Å²) in [6, 6.07) is 4.09. The molecule has 96 valence electrons. The summed E-state index contributed by atoms with van der Waals surface area (Å²) < 4.78 is 5.52. The average molecular weight is 237 g/mol. The molecule has 0 saturated heterocycles. The van der Waals surface area contributed by atoms with Crippen LogP contribution in [0.5, 0.6) is 0 Å². The van der Waals surface area contributed by atoms with E-state index in [1.54, 1.807) is 0 Å². The van der Waals surface area contributed by atoms with Gasteiger partial charge in [-0.25, -0.2) is 4.98 Å². The molecule has 0 aromatic carbocycles. The van der Waals surface area contributed by atoms with Gasteiger partial charge in [-0.2, -0.15) is 0 Å². The lowest BCUT2D eigenvalue weighted by atomic mass is 10.2. The number of hydrogen-bond donors (Lipinski definition) is 1. The maximum Gasteiger partial charge on any atom is 0.125 e. The van der Waals surface area contributed by atoms with Gasteiger partial charge in [0.15, 0.2) is 0 Å². The van der Waals surface area contributed by atoms with Crippen LogP contribution < -0.4 is 5.32 Å². The van der Waals surface area contributed by atoms with Crippen LogP contribution in [0.2, 0.25) is 0 Å². The highest BCUT2D eigenvalue weighted by Gasteiger charge is 2.02. The number of hydrogen-bond acceptors (Lipinski definition) is 4. The number of ether oxygens (including phenoxy) is 1. The molecular formula is C13H23N3O. The number of anilines is 1. The molecule has 0 aliphatic rings. The van der Waals surface area contributed by atoms with Crippen LogP contribution in [0.25, 0.3) is 0 Å². The Balaban J connectivity index is 2.31. The van der Waals surface area contributed by atoms with Gasteiger partial charge in [0.05, 0.1) is 12.7 Å². The second-order valence-electron chi connectivity index (χ2n) is 4.46. The number of pyridine rings is 1. The summed E-state index contributed by atoms with van der Waals surface area (Å²) in [7, 11) is 3.97. The van der Waals surface area contributed by atoms with Gasteiger partial charge in [-0.3, -0.25) is 4.90 Å². The summed E-state index contributed by atoms with van der Waals surface area (Å²) >= 11 is 0. The third kappa shape index (κ3) is 5.65. The molecule has 4 nitrogen and oxygen atoms in total. The van der Waals surface area contributed by atoms with E-state index in [9.17, 15) is 0 Å². The van der Waals surface area contributed by atoms with E-state index >= 15 is 0 Å². The van der Waals surface area contributed by atoms with Crippen LogP contribution in [0.4, 0.5) is 5.82 Å². The van der Waals surface area contributed by atoms with E-state index in [0.717, 1.165) is 25.5 Å². The van der Waals surface area contributed by atoms with Crippen LogP contribution in [0.15, 0.2) is 18.3 Å². The number of nitrogens with one attached hydrogen (secondary N) is 1. The molecule has 4 heteroatoms. The van der Waals surface area contributed by atoms with Gasteiger partial charge in [-0.05, 0) is 32.5 Å². The van der Waals surface area contributed by atoms with Crippen LogP contribution in [0.1, 0.15) is 19.4 Å². The summed E-state index contributed by atoms with van der Waals surface area (Å²) in [5, 5.41) is 3.01. The van der Waals surface area contributed by atoms with Crippen molar-refractivity contribution in [2.75, 3.05) is 32.6 Å². The van der Waals surface area contributed by atoms with Gasteiger partial charge in [0, 0.05) is 26.3 Å². The van der Waals surface area contributed by atoms with Gasteiger partial charge in [0.2, 0.25) is 0 Å². The van der Waals surface area contributed by atoms with Crippen LogP contribution in [0.3, 0.4) is 0 Å². The third-order valence-corrected chi connectivity index (χ3v) is 2.46. The van der Waals surface area contributed by atoms with Gasteiger partial charge in [0.1, 0.15) is 5.82 Å². The van der Waals surface area contributed by atoms with E-state index in [1.165, 1.54) is 5.56 Å². The Morgan fingerprint density at radius 2 is 2.18 bits per heavy atom. The minimum atomic E-state index is 0.306. The van der Waals surface area contributed by atoms with Gasteiger partial charge < -0.3 is 10.1 Å². The Morgan fingerprint density at radius 1 is 1.41 bits per heavy atom. The lowest BCUT2D eigenvalue weighted by Gasteiger charge is -2.17. The van der Waals surface area contributed by atoms with Crippen molar-refractivity contribution in [2.24, 2.45) is 0 Å². The van der Waals surface area contributed by atoms with Crippen molar-refractivity contribution in [3.8, 4) is 0 Å². The Morgan fingerprint density at radius 3 is 2.71 bits per heavy atom. The van der Waals surface area contributed by atoms with Crippen LogP contribution in [0, 0.1) is 0 Å². The molecule has 0 amide bonds. The maximum atomic E-state index is 5.52. The minimum absolute atomic E-state index is 0.306. The van der Waals surface area contributed by atoms with Crippen molar-refractivity contribution in [3.63, 3.8) is 0 Å². The lowest BCUT2D eigenvalue weighted by Crippen LogP contribution is -2.24. The highest BCUT2D eigenvalue weighted by molar-refractivity contribution is 5.34. The molecule has 0 aliphatic heterocycles. The highest BCUT2D eigenvalue weighted by atomic mass is 16.5. The van der Waals surface area contributed by atoms with Gasteiger partial charge in [-0.15, -0.1) is 0 Å². The molecule has 0 saturated carbocycles. The standard InChI is InChI=1S/C13H23N3O/c1-11(2)17-8-7-16(4)10-12-5-6-13(14-3)15-9-12/h5-6,9,11H,7-8,10H2,1-4H3,(H,14,15). The first kappa shape index (κ1) is 13.9. The molecule has 0 radical (unpaired) electrons. The smallest absolute Gasteiger partial charge is 0.125 e. The fourth-order valence-corrected chi connectivity index (χ4v) is 1.50. The first-order valence-corrected chi connectivity index (χ1v) is 6.04. The van der Waals surface area contributed by atoms with Crippen molar-refractivity contribution in [3.05, 3.63) is 23.9 Å². The Labute approximate surface area is 104 Å². The molecule has 1 heterocycles. The molecule has 0 fully saturated rings. The molecule has 0 aliphatic carbocycles.